The van der Waals surface area contributed by atoms with Gasteiger partial charge in [-0.1, -0.05) is 0 Å². The second kappa shape index (κ2) is 3.60. The maximum atomic E-state index is 12.9. The number of alkyl halides is 2. The summed E-state index contributed by atoms with van der Waals surface area (Å²) < 4.78 is 25.8. The molecule has 0 spiro atoms. The van der Waals surface area contributed by atoms with Gasteiger partial charge in [-0.05, 0) is 12.8 Å². The lowest BCUT2D eigenvalue weighted by atomic mass is 9.86. The van der Waals surface area contributed by atoms with Crippen LogP contribution in [0.3, 0.4) is 0 Å². The van der Waals surface area contributed by atoms with Crippen LogP contribution in [-0.2, 0) is 4.79 Å². The molecule has 0 aromatic carbocycles. The van der Waals surface area contributed by atoms with Crippen LogP contribution in [-0.4, -0.2) is 28.7 Å². The normalized spacial score (nSPS) is 42.6. The Balaban J connectivity index is 2.61. The Kier molecular flexibility index (Phi) is 2.93. The zero-order valence-corrected chi connectivity index (χ0v) is 7.18. The molecule has 1 N–H and O–H groups in total. The lowest BCUT2D eigenvalue weighted by Crippen LogP contribution is -2.38. The molecule has 0 radical (unpaired) electrons. The maximum Gasteiger partial charge on any atom is 0.309 e. The predicted molar refractivity (Wildman–Crippen MR) is 42.9 cm³/mol. The smallest absolute Gasteiger partial charge is 0.309 e. The molecule has 1 aliphatic carbocycles. The van der Waals surface area contributed by atoms with Gasteiger partial charge in [-0.3, -0.25) is 4.79 Å². The molecule has 12 heavy (non-hydrogen) atoms. The molecule has 0 amide bonds. The fourth-order valence-corrected chi connectivity index (χ4v) is 1.67. The van der Waals surface area contributed by atoms with Gasteiger partial charge in [-0.25, -0.2) is 8.78 Å². The van der Waals surface area contributed by atoms with Gasteiger partial charge >= 0.3 is 5.97 Å². The van der Waals surface area contributed by atoms with Crippen molar-refractivity contribution in [3.05, 3.63) is 0 Å². The molecule has 70 valence electrons. The fraction of sp³-hybridized carbons (Fsp3) is 0.857. The minimum Gasteiger partial charge on any atom is -0.481 e. The largest absolute Gasteiger partial charge is 0.481 e. The maximum absolute atomic E-state index is 12.9. The minimum atomic E-state index is -1.46. The van der Waals surface area contributed by atoms with Crippen molar-refractivity contribution in [2.24, 2.45) is 5.92 Å². The van der Waals surface area contributed by atoms with Gasteiger partial charge in [-0.2, -0.15) is 12.6 Å². The molecule has 1 saturated carbocycles. The number of hydrogen-bond acceptors (Lipinski definition) is 2. The van der Waals surface area contributed by atoms with Crippen LogP contribution < -0.4 is 0 Å². The van der Waals surface area contributed by atoms with E-state index in [1.165, 1.54) is 0 Å². The summed E-state index contributed by atoms with van der Waals surface area (Å²) in [4.78, 5) is 10.4. The third kappa shape index (κ3) is 1.88. The molecule has 0 aromatic rings. The van der Waals surface area contributed by atoms with Crippen LogP contribution in [0.4, 0.5) is 8.78 Å². The van der Waals surface area contributed by atoms with Gasteiger partial charge in [0.25, 0.3) is 0 Å². The molecular formula is C7H10F2O2S. The van der Waals surface area contributed by atoms with Crippen LogP contribution in [0.1, 0.15) is 12.8 Å². The lowest BCUT2D eigenvalue weighted by Gasteiger charge is -2.29. The highest BCUT2D eigenvalue weighted by atomic mass is 32.1. The van der Waals surface area contributed by atoms with Crippen LogP contribution in [0, 0.1) is 5.92 Å². The number of aliphatic carboxylic acids is 1. The quantitative estimate of drug-likeness (QED) is 0.623. The first-order valence-corrected chi connectivity index (χ1v) is 4.23. The molecule has 1 fully saturated rings. The summed E-state index contributed by atoms with van der Waals surface area (Å²) in [6.45, 7) is 0. The van der Waals surface area contributed by atoms with E-state index in [9.17, 15) is 13.6 Å². The minimum absolute atomic E-state index is 0.110. The van der Waals surface area contributed by atoms with Crippen molar-refractivity contribution < 1.29 is 18.7 Å². The monoisotopic (exact) mass is 196 g/mol. The van der Waals surface area contributed by atoms with Crippen molar-refractivity contribution in [2.45, 2.75) is 30.4 Å². The van der Waals surface area contributed by atoms with Crippen molar-refractivity contribution in [2.75, 3.05) is 0 Å². The van der Waals surface area contributed by atoms with Gasteiger partial charge < -0.3 is 5.11 Å². The number of rotatable bonds is 1. The van der Waals surface area contributed by atoms with Gasteiger partial charge in [0.2, 0.25) is 0 Å². The van der Waals surface area contributed by atoms with Gasteiger partial charge in [0.1, 0.15) is 12.3 Å². The number of carboxylic acids is 1. The van der Waals surface area contributed by atoms with E-state index in [0.29, 0.717) is 0 Å². The summed E-state index contributed by atoms with van der Waals surface area (Å²) in [5.74, 6) is -2.45. The topological polar surface area (TPSA) is 37.3 Å². The molecule has 0 bridgehead atoms. The van der Waals surface area contributed by atoms with Crippen molar-refractivity contribution in [3.8, 4) is 0 Å². The number of carboxylic acid groups (broad SMARTS) is 1. The number of carbonyl (C=O) groups is 1. The van der Waals surface area contributed by atoms with Crippen molar-refractivity contribution >= 4 is 18.6 Å². The zero-order valence-electron chi connectivity index (χ0n) is 6.28. The van der Waals surface area contributed by atoms with Crippen molar-refractivity contribution in [1.82, 2.24) is 0 Å². The van der Waals surface area contributed by atoms with E-state index >= 15 is 0 Å². The third-order valence-electron chi connectivity index (χ3n) is 2.12. The fourth-order valence-electron chi connectivity index (χ4n) is 1.35. The van der Waals surface area contributed by atoms with E-state index in [2.05, 4.69) is 12.6 Å². The average molecular weight is 196 g/mol. The number of hydrogen-bond donors (Lipinski definition) is 2. The van der Waals surface area contributed by atoms with E-state index in [0.717, 1.165) is 0 Å². The second-order valence-electron chi connectivity index (χ2n) is 3.02. The Morgan fingerprint density at radius 1 is 1.33 bits per heavy atom. The van der Waals surface area contributed by atoms with Gasteiger partial charge in [0.05, 0.1) is 5.92 Å². The summed E-state index contributed by atoms with van der Waals surface area (Å²) in [6, 6.07) is 0. The molecule has 0 saturated heterocycles. The zero-order chi connectivity index (χ0) is 9.30. The molecule has 4 atom stereocenters. The molecule has 0 heterocycles. The van der Waals surface area contributed by atoms with Crippen molar-refractivity contribution in [1.29, 1.82) is 0 Å². The first kappa shape index (κ1) is 9.77. The summed E-state index contributed by atoms with van der Waals surface area (Å²) in [5.41, 5.74) is 0. The Labute approximate surface area is 74.4 Å². The Morgan fingerprint density at radius 3 is 2.42 bits per heavy atom. The first-order valence-electron chi connectivity index (χ1n) is 3.71. The van der Waals surface area contributed by atoms with Crippen LogP contribution in [0.2, 0.25) is 0 Å². The summed E-state index contributed by atoms with van der Waals surface area (Å²) >= 11 is 3.82. The van der Waals surface area contributed by atoms with E-state index < -0.39 is 29.5 Å². The predicted octanol–water partition coefficient (Wildman–Crippen LogP) is 1.46. The van der Waals surface area contributed by atoms with Gasteiger partial charge in [-0.15, -0.1) is 0 Å². The van der Waals surface area contributed by atoms with Crippen molar-refractivity contribution in [3.63, 3.8) is 0 Å². The van der Waals surface area contributed by atoms with E-state index in [-0.39, 0.29) is 12.8 Å². The highest BCUT2D eigenvalue weighted by Gasteiger charge is 2.39. The third-order valence-corrected chi connectivity index (χ3v) is 2.65. The van der Waals surface area contributed by atoms with Gasteiger partial charge in [0, 0.05) is 5.25 Å². The molecule has 5 heteroatoms. The van der Waals surface area contributed by atoms with Crippen LogP contribution in [0.25, 0.3) is 0 Å². The Hall–Kier alpha value is -0.320. The molecule has 1 rings (SSSR count). The molecular weight excluding hydrogens is 186 g/mol. The highest BCUT2D eigenvalue weighted by Crippen LogP contribution is 2.32. The number of thiol groups is 1. The molecule has 0 aliphatic heterocycles. The second-order valence-corrected chi connectivity index (χ2v) is 3.68. The van der Waals surface area contributed by atoms with Gasteiger partial charge in [0.15, 0.2) is 0 Å². The van der Waals surface area contributed by atoms with Crippen LogP contribution in [0.5, 0.6) is 0 Å². The molecule has 2 nitrogen and oxygen atoms in total. The number of halogens is 2. The summed E-state index contributed by atoms with van der Waals surface area (Å²) in [7, 11) is 0. The lowest BCUT2D eigenvalue weighted by molar-refractivity contribution is -0.146. The standard InChI is InChI=1S/C7H10F2O2S/c8-4-2-6(12)5(9)1-3(4)7(10)11/h3-6,12H,1-2H2,(H,10,11). The first-order chi connectivity index (χ1) is 5.52. The SMILES string of the molecule is O=C(O)C1CC(F)C(S)CC1F. The van der Waals surface area contributed by atoms with E-state index in [4.69, 9.17) is 5.11 Å². The van der Waals surface area contributed by atoms with Crippen LogP contribution >= 0.6 is 12.6 Å². The van der Waals surface area contributed by atoms with E-state index in [1.54, 1.807) is 0 Å². The molecule has 1 aliphatic rings. The average Bonchev–Trinajstić information content (AvgIpc) is 1.96. The molecule has 0 aromatic heterocycles. The van der Waals surface area contributed by atoms with Crippen LogP contribution in [0.15, 0.2) is 0 Å². The Bertz CT molecular complexity index is 188. The highest BCUT2D eigenvalue weighted by molar-refractivity contribution is 7.81. The Morgan fingerprint density at radius 2 is 1.92 bits per heavy atom. The summed E-state index contributed by atoms with van der Waals surface area (Å²) in [6.07, 6.45) is -3.13. The summed E-state index contributed by atoms with van der Waals surface area (Å²) in [5, 5.41) is 7.82. The van der Waals surface area contributed by atoms with E-state index in [1.807, 2.05) is 0 Å². The molecule has 4 unspecified atom stereocenters.